The molecule has 4 atom stereocenters. The lowest BCUT2D eigenvalue weighted by Crippen LogP contribution is -2.45. The first-order valence-corrected chi connectivity index (χ1v) is 8.55. The lowest BCUT2D eigenvalue weighted by Gasteiger charge is -2.31. The third kappa shape index (κ3) is 3.39. The molecule has 20 heavy (non-hydrogen) atoms. The van der Waals surface area contributed by atoms with E-state index in [1.54, 1.807) is 6.26 Å². The maximum atomic E-state index is 12.3. The fourth-order valence-corrected chi connectivity index (χ4v) is 2.73. The SMILES string of the molecule is CC1Nc2ccccc2CC1C(=O)NCC(C)S(C)=O. The first-order chi connectivity index (χ1) is 9.49. The maximum Gasteiger partial charge on any atom is 0.225 e. The lowest BCUT2D eigenvalue weighted by molar-refractivity contribution is -0.125. The molecule has 110 valence electrons. The number of carbonyl (C=O) groups excluding carboxylic acids is 1. The third-order valence-electron chi connectivity index (χ3n) is 3.91. The van der Waals surface area contributed by atoms with Crippen molar-refractivity contribution in [3.63, 3.8) is 0 Å². The van der Waals surface area contributed by atoms with Gasteiger partial charge in [-0.05, 0) is 31.9 Å². The van der Waals surface area contributed by atoms with Crippen molar-refractivity contribution in [3.05, 3.63) is 29.8 Å². The molecule has 0 spiro atoms. The maximum absolute atomic E-state index is 12.3. The molecule has 0 bridgehead atoms. The van der Waals surface area contributed by atoms with Gasteiger partial charge in [-0.15, -0.1) is 0 Å². The zero-order chi connectivity index (χ0) is 14.7. The van der Waals surface area contributed by atoms with Crippen LogP contribution in [0.25, 0.3) is 0 Å². The summed E-state index contributed by atoms with van der Waals surface area (Å²) < 4.78 is 11.3. The Balaban J connectivity index is 1.99. The second-order valence-corrected chi connectivity index (χ2v) is 7.26. The highest BCUT2D eigenvalue weighted by molar-refractivity contribution is 7.84. The number of para-hydroxylation sites is 1. The fourth-order valence-electron chi connectivity index (χ4n) is 2.41. The molecule has 5 heteroatoms. The molecule has 0 aliphatic carbocycles. The zero-order valence-corrected chi connectivity index (χ0v) is 13.0. The summed E-state index contributed by atoms with van der Waals surface area (Å²) in [6, 6.07) is 8.19. The molecule has 1 amide bonds. The summed E-state index contributed by atoms with van der Waals surface area (Å²) in [6.45, 7) is 4.38. The highest BCUT2D eigenvalue weighted by atomic mass is 32.2. The Bertz CT molecular complexity index is 518. The van der Waals surface area contributed by atoms with Crippen LogP contribution in [0.2, 0.25) is 0 Å². The van der Waals surface area contributed by atoms with Crippen molar-refractivity contribution in [2.45, 2.75) is 31.6 Å². The van der Waals surface area contributed by atoms with E-state index in [1.165, 1.54) is 5.56 Å². The topological polar surface area (TPSA) is 58.2 Å². The molecule has 4 unspecified atom stereocenters. The van der Waals surface area contributed by atoms with Crippen molar-refractivity contribution in [2.24, 2.45) is 5.92 Å². The molecule has 1 aromatic rings. The predicted octanol–water partition coefficient (Wildman–Crippen LogP) is 1.54. The van der Waals surface area contributed by atoms with Gasteiger partial charge in [0.2, 0.25) is 5.91 Å². The second-order valence-electron chi connectivity index (χ2n) is 5.46. The third-order valence-corrected chi connectivity index (χ3v) is 5.21. The molecular formula is C15H22N2O2S. The van der Waals surface area contributed by atoms with Crippen LogP contribution in [-0.4, -0.2) is 34.2 Å². The van der Waals surface area contributed by atoms with E-state index in [4.69, 9.17) is 0 Å². The van der Waals surface area contributed by atoms with Gasteiger partial charge in [-0.2, -0.15) is 0 Å². The first kappa shape index (κ1) is 15.0. The van der Waals surface area contributed by atoms with Crippen LogP contribution in [0.1, 0.15) is 19.4 Å². The van der Waals surface area contributed by atoms with Crippen LogP contribution in [0, 0.1) is 5.92 Å². The zero-order valence-electron chi connectivity index (χ0n) is 12.2. The molecular weight excluding hydrogens is 272 g/mol. The molecule has 0 saturated carbocycles. The number of benzene rings is 1. The van der Waals surface area contributed by atoms with Gasteiger partial charge < -0.3 is 10.6 Å². The van der Waals surface area contributed by atoms with Crippen LogP contribution in [0.15, 0.2) is 24.3 Å². The monoisotopic (exact) mass is 294 g/mol. The molecule has 1 aromatic carbocycles. The minimum Gasteiger partial charge on any atom is -0.382 e. The summed E-state index contributed by atoms with van der Waals surface area (Å²) in [5, 5.41) is 6.29. The van der Waals surface area contributed by atoms with Crippen molar-refractivity contribution in [3.8, 4) is 0 Å². The molecule has 4 nitrogen and oxygen atoms in total. The Hall–Kier alpha value is -1.36. The van der Waals surface area contributed by atoms with Crippen molar-refractivity contribution < 1.29 is 9.00 Å². The second kappa shape index (κ2) is 6.39. The minimum atomic E-state index is -0.907. The molecule has 0 aromatic heterocycles. The largest absolute Gasteiger partial charge is 0.382 e. The summed E-state index contributed by atoms with van der Waals surface area (Å²) >= 11 is 0. The first-order valence-electron chi connectivity index (χ1n) is 6.93. The van der Waals surface area contributed by atoms with Crippen LogP contribution < -0.4 is 10.6 Å². The standard InChI is InChI=1S/C15H22N2O2S/c1-10(20(3)19)9-16-15(18)13-8-12-6-4-5-7-14(12)17-11(13)2/h4-7,10-11,13,17H,8-9H2,1-3H3,(H,16,18). The van der Waals surface area contributed by atoms with Crippen LogP contribution in [0.5, 0.6) is 0 Å². The number of hydrogen-bond donors (Lipinski definition) is 2. The quantitative estimate of drug-likeness (QED) is 0.885. The van der Waals surface area contributed by atoms with E-state index < -0.39 is 10.8 Å². The number of amides is 1. The van der Waals surface area contributed by atoms with Gasteiger partial charge in [-0.3, -0.25) is 9.00 Å². The number of hydrogen-bond acceptors (Lipinski definition) is 3. The van der Waals surface area contributed by atoms with Gasteiger partial charge in [0.1, 0.15) is 0 Å². The van der Waals surface area contributed by atoms with Crippen molar-refractivity contribution in [2.75, 3.05) is 18.1 Å². The summed E-state index contributed by atoms with van der Waals surface area (Å²) in [5.74, 6) is -0.0424. The summed E-state index contributed by atoms with van der Waals surface area (Å²) in [4.78, 5) is 12.3. The molecule has 0 radical (unpaired) electrons. The van der Waals surface area contributed by atoms with Gasteiger partial charge in [0.25, 0.3) is 0 Å². The number of fused-ring (bicyclic) bond motifs is 1. The Labute approximate surface area is 122 Å². The number of rotatable bonds is 4. The summed E-state index contributed by atoms with van der Waals surface area (Å²) in [5.41, 5.74) is 2.30. The van der Waals surface area contributed by atoms with E-state index in [-0.39, 0.29) is 23.1 Å². The average Bonchev–Trinajstić information content (AvgIpc) is 2.43. The Morgan fingerprint density at radius 3 is 2.90 bits per heavy atom. The minimum absolute atomic E-state index is 0.0157. The molecule has 2 N–H and O–H groups in total. The van der Waals surface area contributed by atoms with E-state index in [1.807, 2.05) is 32.0 Å². The van der Waals surface area contributed by atoms with E-state index in [0.29, 0.717) is 6.54 Å². The van der Waals surface area contributed by atoms with Gasteiger partial charge >= 0.3 is 0 Å². The number of anilines is 1. The smallest absolute Gasteiger partial charge is 0.225 e. The van der Waals surface area contributed by atoms with Crippen LogP contribution >= 0.6 is 0 Å². The van der Waals surface area contributed by atoms with E-state index in [0.717, 1.165) is 12.1 Å². The van der Waals surface area contributed by atoms with Crippen molar-refractivity contribution >= 4 is 22.4 Å². The molecule has 1 heterocycles. The number of nitrogens with one attached hydrogen (secondary N) is 2. The lowest BCUT2D eigenvalue weighted by atomic mass is 9.87. The highest BCUT2D eigenvalue weighted by Crippen LogP contribution is 2.28. The molecule has 1 aliphatic rings. The van der Waals surface area contributed by atoms with Gasteiger partial charge in [-0.25, -0.2) is 0 Å². The van der Waals surface area contributed by atoms with E-state index in [9.17, 15) is 9.00 Å². The molecule has 0 saturated heterocycles. The molecule has 1 aliphatic heterocycles. The van der Waals surface area contributed by atoms with Crippen LogP contribution in [0.3, 0.4) is 0 Å². The van der Waals surface area contributed by atoms with Crippen LogP contribution in [-0.2, 0) is 22.0 Å². The fraction of sp³-hybridized carbons (Fsp3) is 0.533. The Kier molecular flexibility index (Phi) is 4.81. The van der Waals surface area contributed by atoms with Gasteiger partial charge in [0.05, 0.1) is 5.92 Å². The van der Waals surface area contributed by atoms with E-state index >= 15 is 0 Å². The number of carbonyl (C=O) groups is 1. The normalized spacial score (nSPS) is 24.1. The molecule has 0 fully saturated rings. The molecule has 2 rings (SSSR count). The summed E-state index contributed by atoms with van der Waals surface area (Å²) in [7, 11) is -0.907. The van der Waals surface area contributed by atoms with Gasteiger partial charge in [0, 0.05) is 40.6 Å². The van der Waals surface area contributed by atoms with Gasteiger partial charge in [0.15, 0.2) is 0 Å². The van der Waals surface area contributed by atoms with Crippen molar-refractivity contribution in [1.29, 1.82) is 0 Å². The van der Waals surface area contributed by atoms with E-state index in [2.05, 4.69) is 16.7 Å². The van der Waals surface area contributed by atoms with Crippen molar-refractivity contribution in [1.82, 2.24) is 5.32 Å². The highest BCUT2D eigenvalue weighted by Gasteiger charge is 2.30. The average molecular weight is 294 g/mol. The summed E-state index contributed by atoms with van der Waals surface area (Å²) in [6.07, 6.45) is 2.41. The Morgan fingerprint density at radius 2 is 2.20 bits per heavy atom. The van der Waals surface area contributed by atoms with Crippen LogP contribution in [0.4, 0.5) is 5.69 Å². The Morgan fingerprint density at radius 1 is 1.50 bits per heavy atom. The van der Waals surface area contributed by atoms with Gasteiger partial charge in [-0.1, -0.05) is 18.2 Å². The predicted molar refractivity (Wildman–Crippen MR) is 83.3 cm³/mol.